The van der Waals surface area contributed by atoms with Crippen molar-refractivity contribution in [2.75, 3.05) is 0 Å². The van der Waals surface area contributed by atoms with Gasteiger partial charge >= 0.3 is 5.97 Å². The third kappa shape index (κ3) is 1.85. The fourth-order valence-electron chi connectivity index (χ4n) is 1.71. The van der Waals surface area contributed by atoms with E-state index in [0.717, 1.165) is 6.07 Å². The number of halogens is 2. The molecule has 18 heavy (non-hydrogen) atoms. The van der Waals surface area contributed by atoms with Crippen LogP contribution >= 0.6 is 0 Å². The van der Waals surface area contributed by atoms with E-state index in [9.17, 15) is 13.6 Å². The van der Waals surface area contributed by atoms with E-state index in [2.05, 4.69) is 10.2 Å². The molecule has 1 heterocycles. The van der Waals surface area contributed by atoms with Gasteiger partial charge in [0.1, 0.15) is 17.3 Å². The monoisotopic (exact) mass is 252 g/mol. The third-order valence-electron chi connectivity index (χ3n) is 2.71. The molecule has 0 atom stereocenters. The highest BCUT2D eigenvalue weighted by Crippen LogP contribution is 2.29. The van der Waals surface area contributed by atoms with Crippen molar-refractivity contribution >= 4 is 5.97 Å². The lowest BCUT2D eigenvalue weighted by Crippen LogP contribution is -1.97. The average molecular weight is 252 g/mol. The number of hydrogen-bond donors (Lipinski definition) is 2. The largest absolute Gasteiger partial charge is 0.477 e. The summed E-state index contributed by atoms with van der Waals surface area (Å²) in [6.45, 7) is 2.86. The van der Waals surface area contributed by atoms with Crippen molar-refractivity contribution in [2.45, 2.75) is 13.8 Å². The van der Waals surface area contributed by atoms with E-state index >= 15 is 0 Å². The second-order valence-electron chi connectivity index (χ2n) is 3.96. The maximum atomic E-state index is 14.0. The molecule has 2 rings (SSSR count). The molecule has 6 heteroatoms. The highest BCUT2D eigenvalue weighted by atomic mass is 19.1. The molecule has 1 aromatic carbocycles. The molecule has 0 amide bonds. The van der Waals surface area contributed by atoms with Crippen LogP contribution in [-0.4, -0.2) is 21.3 Å². The number of carbonyl (C=O) groups is 1. The van der Waals surface area contributed by atoms with Crippen LogP contribution in [0.4, 0.5) is 8.78 Å². The Kier molecular flexibility index (Phi) is 2.86. The molecule has 0 spiro atoms. The number of carboxylic acids is 1. The predicted octanol–water partition coefficient (Wildman–Crippen LogP) is 2.67. The van der Waals surface area contributed by atoms with Crippen LogP contribution in [0.5, 0.6) is 0 Å². The summed E-state index contributed by atoms with van der Waals surface area (Å²) in [4.78, 5) is 10.7. The zero-order valence-corrected chi connectivity index (χ0v) is 9.71. The van der Waals surface area contributed by atoms with Gasteiger partial charge in [0.2, 0.25) is 0 Å². The molecule has 0 radical (unpaired) electrons. The van der Waals surface area contributed by atoms with Gasteiger partial charge in [-0.3, -0.25) is 5.10 Å². The summed E-state index contributed by atoms with van der Waals surface area (Å²) in [5.74, 6) is -2.36. The summed E-state index contributed by atoms with van der Waals surface area (Å²) in [6, 6.07) is 2.27. The van der Waals surface area contributed by atoms with E-state index in [-0.39, 0.29) is 28.1 Å². The van der Waals surface area contributed by atoms with Crippen LogP contribution in [0.3, 0.4) is 0 Å². The lowest BCUT2D eigenvalue weighted by Gasteiger charge is -2.08. The van der Waals surface area contributed by atoms with Crippen molar-refractivity contribution in [3.8, 4) is 11.3 Å². The summed E-state index contributed by atoms with van der Waals surface area (Å²) in [7, 11) is 0. The summed E-state index contributed by atoms with van der Waals surface area (Å²) in [5.41, 5.74) is 0.126. The Morgan fingerprint density at radius 1 is 1.33 bits per heavy atom. The van der Waals surface area contributed by atoms with E-state index in [1.54, 1.807) is 0 Å². The molecule has 0 saturated heterocycles. The third-order valence-corrected chi connectivity index (χ3v) is 2.71. The molecule has 0 saturated carbocycles. The molecular formula is C12H10F2N2O2. The Morgan fingerprint density at radius 3 is 2.56 bits per heavy atom. The average Bonchev–Trinajstić information content (AvgIpc) is 2.76. The number of benzene rings is 1. The van der Waals surface area contributed by atoms with Crippen molar-refractivity contribution in [1.82, 2.24) is 10.2 Å². The standard InChI is InChI=1S/C12H10F2N2O2/c1-5-3-7(13)6(2)10(11(5)14)8-4-9(12(17)18)16-15-8/h3-4H,1-2H3,(H,15,16)(H,17,18). The number of hydrogen-bond acceptors (Lipinski definition) is 2. The van der Waals surface area contributed by atoms with Gasteiger partial charge in [-0.05, 0) is 37.1 Å². The smallest absolute Gasteiger partial charge is 0.353 e. The van der Waals surface area contributed by atoms with Crippen LogP contribution in [0.25, 0.3) is 11.3 Å². The lowest BCUT2D eigenvalue weighted by atomic mass is 10.0. The summed E-state index contributed by atoms with van der Waals surface area (Å²) in [5, 5.41) is 14.7. The SMILES string of the molecule is Cc1cc(F)c(C)c(-c2cc(C(=O)O)[nH]n2)c1F. The van der Waals surface area contributed by atoms with E-state index < -0.39 is 17.6 Å². The maximum absolute atomic E-state index is 14.0. The van der Waals surface area contributed by atoms with Crippen LogP contribution < -0.4 is 0 Å². The molecular weight excluding hydrogens is 242 g/mol. The van der Waals surface area contributed by atoms with E-state index in [1.807, 2.05) is 0 Å². The second-order valence-corrected chi connectivity index (χ2v) is 3.96. The van der Waals surface area contributed by atoms with E-state index in [4.69, 9.17) is 5.11 Å². The summed E-state index contributed by atoms with van der Waals surface area (Å²) in [6.07, 6.45) is 0. The number of H-pyrrole nitrogens is 1. The molecule has 0 aliphatic heterocycles. The fourth-order valence-corrected chi connectivity index (χ4v) is 1.71. The van der Waals surface area contributed by atoms with Crippen molar-refractivity contribution in [1.29, 1.82) is 0 Å². The van der Waals surface area contributed by atoms with Crippen molar-refractivity contribution < 1.29 is 18.7 Å². The number of aromatic amines is 1. The van der Waals surface area contributed by atoms with Crippen LogP contribution in [-0.2, 0) is 0 Å². The fraction of sp³-hybridized carbons (Fsp3) is 0.167. The molecule has 2 N–H and O–H groups in total. The van der Waals surface area contributed by atoms with Gasteiger partial charge < -0.3 is 5.11 Å². The molecule has 0 aliphatic carbocycles. The van der Waals surface area contributed by atoms with Gasteiger partial charge in [0, 0.05) is 5.56 Å². The Labute approximate surface area is 101 Å². The van der Waals surface area contributed by atoms with Gasteiger partial charge in [0.15, 0.2) is 0 Å². The molecule has 0 aliphatic rings. The molecule has 1 aromatic heterocycles. The van der Waals surface area contributed by atoms with Crippen LogP contribution in [0, 0.1) is 25.5 Å². The topological polar surface area (TPSA) is 66.0 Å². The summed E-state index contributed by atoms with van der Waals surface area (Å²) >= 11 is 0. The van der Waals surface area contributed by atoms with Crippen LogP contribution in [0.15, 0.2) is 12.1 Å². The minimum Gasteiger partial charge on any atom is -0.477 e. The van der Waals surface area contributed by atoms with Gasteiger partial charge in [0.05, 0.1) is 5.69 Å². The van der Waals surface area contributed by atoms with E-state index in [1.165, 1.54) is 19.9 Å². The highest BCUT2D eigenvalue weighted by Gasteiger charge is 2.18. The molecule has 94 valence electrons. The van der Waals surface area contributed by atoms with Gasteiger partial charge in [0.25, 0.3) is 0 Å². The normalized spacial score (nSPS) is 10.7. The number of aryl methyl sites for hydroxylation is 1. The van der Waals surface area contributed by atoms with Gasteiger partial charge in [-0.1, -0.05) is 0 Å². The number of carboxylic acid groups (broad SMARTS) is 1. The number of nitrogens with one attached hydrogen (secondary N) is 1. The van der Waals surface area contributed by atoms with Crippen LogP contribution in [0.2, 0.25) is 0 Å². The first-order valence-corrected chi connectivity index (χ1v) is 5.16. The molecule has 2 aromatic rings. The molecule has 0 fully saturated rings. The van der Waals surface area contributed by atoms with Crippen LogP contribution in [0.1, 0.15) is 21.6 Å². The van der Waals surface area contributed by atoms with Crippen molar-refractivity contribution in [3.05, 3.63) is 40.6 Å². The minimum absolute atomic E-state index is 0.0174. The first-order valence-electron chi connectivity index (χ1n) is 5.16. The predicted molar refractivity (Wildman–Crippen MR) is 60.4 cm³/mol. The van der Waals surface area contributed by atoms with E-state index in [0.29, 0.717) is 0 Å². The first-order chi connectivity index (χ1) is 8.41. The zero-order valence-electron chi connectivity index (χ0n) is 9.71. The number of nitrogens with zero attached hydrogens (tertiary/aromatic N) is 1. The Bertz CT molecular complexity index is 609. The molecule has 0 bridgehead atoms. The Morgan fingerprint density at radius 2 is 2.00 bits per heavy atom. The number of aromatic nitrogens is 2. The van der Waals surface area contributed by atoms with Gasteiger partial charge in [-0.25, -0.2) is 13.6 Å². The Balaban J connectivity index is 2.66. The Hall–Kier alpha value is -2.24. The highest BCUT2D eigenvalue weighted by molar-refractivity contribution is 5.87. The molecule has 0 unspecified atom stereocenters. The van der Waals surface area contributed by atoms with Gasteiger partial charge in [-0.2, -0.15) is 5.10 Å². The van der Waals surface area contributed by atoms with Crippen molar-refractivity contribution in [3.63, 3.8) is 0 Å². The quantitative estimate of drug-likeness (QED) is 0.863. The number of aromatic carboxylic acids is 1. The number of rotatable bonds is 2. The molecule has 4 nitrogen and oxygen atoms in total. The maximum Gasteiger partial charge on any atom is 0.353 e. The second kappa shape index (κ2) is 4.21. The summed E-state index contributed by atoms with van der Waals surface area (Å²) < 4.78 is 27.5. The lowest BCUT2D eigenvalue weighted by molar-refractivity contribution is 0.0690. The minimum atomic E-state index is -1.21. The van der Waals surface area contributed by atoms with Gasteiger partial charge in [-0.15, -0.1) is 0 Å². The first kappa shape index (κ1) is 12.2. The zero-order chi connectivity index (χ0) is 13.4. The van der Waals surface area contributed by atoms with Crippen molar-refractivity contribution in [2.24, 2.45) is 0 Å².